The van der Waals surface area contributed by atoms with Crippen LogP contribution in [0.2, 0.25) is 0 Å². The number of nitrogens with two attached hydrogens (primary N) is 2. The molecule has 0 amide bonds. The first-order chi connectivity index (χ1) is 3.18. The molecule has 0 atom stereocenters. The highest BCUT2D eigenvalue weighted by Gasteiger charge is 1.91. The molecule has 2 nitrogen and oxygen atoms in total. The quantitative estimate of drug-likeness (QED) is 0.339. The highest BCUT2D eigenvalue weighted by molar-refractivity contribution is 5.25. The minimum atomic E-state index is -0.565. The number of rotatable bonds is 1. The van der Waals surface area contributed by atoms with Crippen molar-refractivity contribution in [2.75, 3.05) is 0 Å². The average molecular weight is 96.1 g/mol. The Bertz CT molecular complexity index is 108. The van der Waals surface area contributed by atoms with Crippen molar-refractivity contribution in [2.24, 2.45) is 11.5 Å². The van der Waals surface area contributed by atoms with Gasteiger partial charge in [-0.1, -0.05) is 12.5 Å². The van der Waals surface area contributed by atoms with Crippen LogP contribution in [-0.4, -0.2) is 6.17 Å². The van der Waals surface area contributed by atoms with E-state index >= 15 is 0 Å². The zero-order chi connectivity index (χ0) is 5.86. The maximum atomic E-state index is 5.08. The summed E-state index contributed by atoms with van der Waals surface area (Å²) in [6.45, 7) is 3.39. The van der Waals surface area contributed by atoms with Crippen LogP contribution in [0, 0.1) is 12.3 Å². The van der Waals surface area contributed by atoms with Gasteiger partial charge in [0, 0.05) is 5.57 Å². The molecule has 0 aromatic carbocycles. The fraction of sp³-hybridized carbons (Fsp3) is 0.200. The first-order valence-corrected chi connectivity index (χ1v) is 1.85. The molecule has 0 spiro atoms. The maximum absolute atomic E-state index is 5.08. The predicted molar refractivity (Wildman–Crippen MR) is 30.1 cm³/mol. The molecule has 0 aliphatic carbocycles. The molecule has 0 saturated carbocycles. The molecule has 4 N–H and O–H groups in total. The molecule has 0 unspecified atom stereocenters. The van der Waals surface area contributed by atoms with Crippen molar-refractivity contribution in [1.82, 2.24) is 0 Å². The maximum Gasteiger partial charge on any atom is 0.0858 e. The monoisotopic (exact) mass is 96.1 g/mol. The summed E-state index contributed by atoms with van der Waals surface area (Å²) in [5.41, 5.74) is 10.6. The van der Waals surface area contributed by atoms with E-state index in [0.717, 1.165) is 0 Å². The molecule has 0 fully saturated rings. The lowest BCUT2D eigenvalue weighted by atomic mass is 10.3. The Morgan fingerprint density at radius 1 is 1.71 bits per heavy atom. The third kappa shape index (κ3) is 1.99. The summed E-state index contributed by atoms with van der Waals surface area (Å²) in [6.07, 6.45) is 4.30. The van der Waals surface area contributed by atoms with Gasteiger partial charge in [-0.15, -0.1) is 6.42 Å². The van der Waals surface area contributed by atoms with Gasteiger partial charge in [0.05, 0.1) is 6.17 Å². The van der Waals surface area contributed by atoms with Crippen LogP contribution in [0.1, 0.15) is 0 Å². The molecule has 38 valence electrons. The van der Waals surface area contributed by atoms with Crippen molar-refractivity contribution in [1.29, 1.82) is 0 Å². The summed E-state index contributed by atoms with van der Waals surface area (Å²) in [7, 11) is 0. The van der Waals surface area contributed by atoms with E-state index in [-0.39, 0.29) is 0 Å². The third-order valence-corrected chi connectivity index (χ3v) is 0.588. The Balaban J connectivity index is 3.64. The van der Waals surface area contributed by atoms with E-state index in [1.807, 2.05) is 0 Å². The summed E-state index contributed by atoms with van der Waals surface area (Å²) < 4.78 is 0. The second-order valence-electron chi connectivity index (χ2n) is 1.20. The molecule has 0 aliphatic heterocycles. The van der Waals surface area contributed by atoms with E-state index < -0.39 is 6.17 Å². The van der Waals surface area contributed by atoms with Crippen LogP contribution < -0.4 is 11.5 Å². The Morgan fingerprint density at radius 3 is 2.14 bits per heavy atom. The minimum absolute atomic E-state index is 0.431. The number of terminal acetylenes is 1. The van der Waals surface area contributed by atoms with Gasteiger partial charge in [0.2, 0.25) is 0 Å². The van der Waals surface area contributed by atoms with Crippen LogP contribution in [0.25, 0.3) is 0 Å². The van der Waals surface area contributed by atoms with Crippen molar-refractivity contribution < 1.29 is 0 Å². The predicted octanol–water partition coefficient (Wildman–Crippen LogP) is -0.581. The van der Waals surface area contributed by atoms with Gasteiger partial charge in [0.1, 0.15) is 0 Å². The lowest BCUT2D eigenvalue weighted by Gasteiger charge is -1.98. The third-order valence-electron chi connectivity index (χ3n) is 0.588. The summed E-state index contributed by atoms with van der Waals surface area (Å²) in [5, 5.41) is 0. The number of hydrogen-bond acceptors (Lipinski definition) is 2. The SMILES string of the molecule is C#CC(=C)C(N)N. The van der Waals surface area contributed by atoms with E-state index in [4.69, 9.17) is 17.9 Å². The van der Waals surface area contributed by atoms with Crippen molar-refractivity contribution in [3.05, 3.63) is 12.2 Å². The van der Waals surface area contributed by atoms with Gasteiger partial charge >= 0.3 is 0 Å². The molecule has 0 radical (unpaired) electrons. The summed E-state index contributed by atoms with van der Waals surface area (Å²) >= 11 is 0. The smallest absolute Gasteiger partial charge is 0.0858 e. The fourth-order valence-electron chi connectivity index (χ4n) is 0.0962. The van der Waals surface area contributed by atoms with Crippen molar-refractivity contribution >= 4 is 0 Å². The lowest BCUT2D eigenvalue weighted by Crippen LogP contribution is -2.31. The largest absolute Gasteiger partial charge is 0.312 e. The first-order valence-electron chi connectivity index (χ1n) is 1.85. The van der Waals surface area contributed by atoms with Crippen molar-refractivity contribution in [3.8, 4) is 12.3 Å². The van der Waals surface area contributed by atoms with Gasteiger partial charge in [-0.3, -0.25) is 0 Å². The summed E-state index contributed by atoms with van der Waals surface area (Å²) in [4.78, 5) is 0. The topological polar surface area (TPSA) is 52.0 Å². The molecule has 0 saturated heterocycles. The van der Waals surface area contributed by atoms with Gasteiger partial charge < -0.3 is 11.5 Å². The van der Waals surface area contributed by atoms with Crippen LogP contribution in [-0.2, 0) is 0 Å². The molecule has 0 bridgehead atoms. The highest BCUT2D eigenvalue weighted by atomic mass is 14.8. The molecular formula is C5H8N2. The Hall–Kier alpha value is -0.780. The molecular weight excluding hydrogens is 88.1 g/mol. The van der Waals surface area contributed by atoms with Gasteiger partial charge in [-0.05, 0) is 0 Å². The van der Waals surface area contributed by atoms with Crippen LogP contribution in [0.5, 0.6) is 0 Å². The van der Waals surface area contributed by atoms with Crippen LogP contribution in [0.3, 0.4) is 0 Å². The van der Waals surface area contributed by atoms with Gasteiger partial charge in [-0.2, -0.15) is 0 Å². The van der Waals surface area contributed by atoms with Gasteiger partial charge in [0.15, 0.2) is 0 Å². The van der Waals surface area contributed by atoms with E-state index in [1.165, 1.54) is 0 Å². The second kappa shape index (κ2) is 2.40. The molecule has 2 heteroatoms. The summed E-state index contributed by atoms with van der Waals surface area (Å²) in [5.74, 6) is 2.22. The van der Waals surface area contributed by atoms with Gasteiger partial charge in [-0.25, -0.2) is 0 Å². The van der Waals surface area contributed by atoms with Gasteiger partial charge in [0.25, 0.3) is 0 Å². The second-order valence-corrected chi connectivity index (χ2v) is 1.20. The Morgan fingerprint density at radius 2 is 2.14 bits per heavy atom. The normalized spacial score (nSPS) is 8.29. The van der Waals surface area contributed by atoms with E-state index in [9.17, 15) is 0 Å². The van der Waals surface area contributed by atoms with E-state index in [2.05, 4.69) is 12.5 Å². The molecule has 0 aromatic heterocycles. The zero-order valence-electron chi connectivity index (χ0n) is 4.02. The zero-order valence-corrected chi connectivity index (χ0v) is 4.02. The van der Waals surface area contributed by atoms with E-state index in [1.54, 1.807) is 0 Å². The van der Waals surface area contributed by atoms with E-state index in [0.29, 0.717) is 5.57 Å². The standard InChI is InChI=1S/C5H8N2/c1-3-4(2)5(6)7/h1,5H,2,6-7H2. The van der Waals surface area contributed by atoms with Crippen LogP contribution in [0.4, 0.5) is 0 Å². The molecule has 0 aliphatic rings. The highest BCUT2D eigenvalue weighted by Crippen LogP contribution is 1.82. The van der Waals surface area contributed by atoms with Crippen molar-refractivity contribution in [3.63, 3.8) is 0 Å². The Labute approximate surface area is 43.2 Å². The molecule has 0 rings (SSSR count). The van der Waals surface area contributed by atoms with Crippen LogP contribution in [0.15, 0.2) is 12.2 Å². The fourth-order valence-corrected chi connectivity index (χ4v) is 0.0962. The molecule has 0 aromatic rings. The first kappa shape index (κ1) is 6.22. The number of hydrogen-bond donors (Lipinski definition) is 2. The lowest BCUT2D eigenvalue weighted by molar-refractivity contribution is 0.849. The molecule has 0 heterocycles. The average Bonchev–Trinajstić information content (AvgIpc) is 1.65. The Kier molecular flexibility index (Phi) is 2.14. The summed E-state index contributed by atoms with van der Waals surface area (Å²) in [6, 6.07) is 0. The van der Waals surface area contributed by atoms with Crippen LogP contribution >= 0.6 is 0 Å². The minimum Gasteiger partial charge on any atom is -0.312 e. The molecule has 7 heavy (non-hydrogen) atoms. The van der Waals surface area contributed by atoms with Crippen molar-refractivity contribution in [2.45, 2.75) is 6.17 Å².